The molecule has 0 saturated heterocycles. The molecular formula is C16H31NOSi2. The molecule has 2 aromatic rings. The lowest BCUT2D eigenvalue weighted by Gasteiger charge is -2.26. The van der Waals surface area contributed by atoms with E-state index in [1.54, 1.807) is 12.1 Å². The third-order valence-electron chi connectivity index (χ3n) is 4.60. The van der Waals surface area contributed by atoms with E-state index in [0.717, 1.165) is 16.9 Å². The Morgan fingerprint density at radius 3 is 1.65 bits per heavy atom. The maximum atomic E-state index is 5.45. The van der Waals surface area contributed by atoms with E-state index in [1.165, 1.54) is 12.1 Å². The van der Waals surface area contributed by atoms with Crippen molar-refractivity contribution in [2.24, 2.45) is 0 Å². The molecule has 2 rings (SSSR count). The van der Waals surface area contributed by atoms with Gasteiger partial charge in [-0.25, -0.2) is 0 Å². The third kappa shape index (κ3) is 5.33. The van der Waals surface area contributed by atoms with Crippen LogP contribution in [0.15, 0.2) is 22.6 Å². The molecular weight excluding hydrogens is 278 g/mol. The molecule has 0 amide bonds. The first-order valence-electron chi connectivity index (χ1n) is 7.76. The minimum Gasteiger partial charge on any atom is -0.455 e. The van der Waals surface area contributed by atoms with Crippen LogP contribution < -0.4 is 5.73 Å². The summed E-state index contributed by atoms with van der Waals surface area (Å²) >= 11 is 0. The van der Waals surface area contributed by atoms with Gasteiger partial charge in [0.1, 0.15) is 5.58 Å². The Labute approximate surface area is 126 Å². The standard InChI is InChI=1S/C10H26Si2.C6H5NO/c1-7-11(3,4)9-10-12(5,6)8-2;7-5-3-4-1-2-6(5)8-4/h7-10H2,1-6H3;1-3H,7H2. The van der Waals surface area contributed by atoms with Crippen molar-refractivity contribution in [1.82, 2.24) is 0 Å². The number of furan rings is 2. The van der Waals surface area contributed by atoms with Crippen LogP contribution >= 0.6 is 0 Å². The van der Waals surface area contributed by atoms with Gasteiger partial charge >= 0.3 is 0 Å². The second-order valence-electron chi connectivity index (χ2n) is 7.34. The predicted molar refractivity (Wildman–Crippen MR) is 97.4 cm³/mol. The number of rotatable bonds is 5. The quantitative estimate of drug-likeness (QED) is 0.552. The fourth-order valence-corrected chi connectivity index (χ4v) is 7.96. The van der Waals surface area contributed by atoms with Crippen LogP contribution in [0.2, 0.25) is 50.4 Å². The van der Waals surface area contributed by atoms with E-state index in [-0.39, 0.29) is 0 Å². The minimum atomic E-state index is -0.769. The zero-order valence-corrected chi connectivity index (χ0v) is 16.0. The van der Waals surface area contributed by atoms with E-state index in [9.17, 15) is 0 Å². The highest BCUT2D eigenvalue weighted by Crippen LogP contribution is 2.25. The lowest BCUT2D eigenvalue weighted by atomic mass is 10.3. The molecule has 2 bridgehead atoms. The van der Waals surface area contributed by atoms with Gasteiger partial charge in [0.25, 0.3) is 0 Å². The van der Waals surface area contributed by atoms with Crippen LogP contribution in [0.4, 0.5) is 5.69 Å². The van der Waals surface area contributed by atoms with Gasteiger partial charge in [-0.05, 0) is 12.1 Å². The largest absolute Gasteiger partial charge is 0.455 e. The molecule has 114 valence electrons. The van der Waals surface area contributed by atoms with E-state index in [0.29, 0.717) is 0 Å². The van der Waals surface area contributed by atoms with Crippen LogP contribution in [-0.2, 0) is 0 Å². The first kappa shape index (κ1) is 17.3. The smallest absolute Gasteiger partial charge is 0.150 e. The van der Waals surface area contributed by atoms with Gasteiger partial charge in [0.2, 0.25) is 0 Å². The Balaban J connectivity index is 0.000000212. The number of hydrogen-bond donors (Lipinski definition) is 1. The molecule has 2 heterocycles. The molecule has 0 radical (unpaired) electrons. The lowest BCUT2D eigenvalue weighted by molar-refractivity contribution is 0.676. The molecule has 0 aromatic carbocycles. The predicted octanol–water partition coefficient (Wildman–Crippen LogP) is 5.90. The van der Waals surface area contributed by atoms with Gasteiger partial charge in [-0.3, -0.25) is 0 Å². The number of anilines is 1. The second kappa shape index (κ2) is 6.81. The molecule has 0 atom stereocenters. The first-order chi connectivity index (χ1) is 9.19. The number of hydrogen-bond acceptors (Lipinski definition) is 2. The average molecular weight is 310 g/mol. The van der Waals surface area contributed by atoms with Crippen molar-refractivity contribution < 1.29 is 4.42 Å². The van der Waals surface area contributed by atoms with Gasteiger partial charge < -0.3 is 10.2 Å². The molecule has 20 heavy (non-hydrogen) atoms. The molecule has 0 aliphatic rings. The van der Waals surface area contributed by atoms with Crippen molar-refractivity contribution >= 4 is 33.0 Å². The maximum Gasteiger partial charge on any atom is 0.150 e. The molecule has 4 heteroatoms. The summed E-state index contributed by atoms with van der Waals surface area (Å²) in [5.74, 6) is 0. The van der Waals surface area contributed by atoms with Crippen LogP contribution in [-0.4, -0.2) is 16.1 Å². The number of fused-ring (bicyclic) bond motifs is 2. The van der Waals surface area contributed by atoms with Gasteiger partial charge in [-0.1, -0.05) is 64.2 Å². The second-order valence-corrected chi connectivity index (χ2v) is 18.4. The first-order valence-corrected chi connectivity index (χ1v) is 14.6. The summed E-state index contributed by atoms with van der Waals surface area (Å²) < 4.78 is 5.09. The number of benzene rings is 1. The van der Waals surface area contributed by atoms with Crippen molar-refractivity contribution in [2.45, 2.75) is 64.2 Å². The van der Waals surface area contributed by atoms with Crippen molar-refractivity contribution in [3.63, 3.8) is 0 Å². The highest BCUT2D eigenvalue weighted by Gasteiger charge is 2.24. The molecule has 0 spiro atoms. The molecule has 0 fully saturated rings. The van der Waals surface area contributed by atoms with Crippen LogP contribution in [0.3, 0.4) is 0 Å². The lowest BCUT2D eigenvalue weighted by Crippen LogP contribution is -2.30. The summed E-state index contributed by atoms with van der Waals surface area (Å²) in [6.45, 7) is 14.9. The van der Waals surface area contributed by atoms with Crippen molar-refractivity contribution in [2.75, 3.05) is 5.73 Å². The minimum absolute atomic E-state index is 0.738. The number of nitrogen functional groups attached to an aromatic ring is 1. The third-order valence-corrected chi connectivity index (χ3v) is 12.1. The summed E-state index contributed by atoms with van der Waals surface area (Å²) in [7, 11) is -1.54. The van der Waals surface area contributed by atoms with Crippen LogP contribution in [0, 0.1) is 0 Å². The van der Waals surface area contributed by atoms with Gasteiger partial charge in [-0.15, -0.1) is 0 Å². The van der Waals surface area contributed by atoms with Gasteiger partial charge in [0.15, 0.2) is 5.58 Å². The molecule has 2 aromatic heterocycles. The summed E-state index contributed by atoms with van der Waals surface area (Å²) in [4.78, 5) is 0. The summed E-state index contributed by atoms with van der Waals surface area (Å²) in [5, 5.41) is 0. The topological polar surface area (TPSA) is 39.2 Å². The summed E-state index contributed by atoms with van der Waals surface area (Å²) in [6.07, 6.45) is 0. The molecule has 2 nitrogen and oxygen atoms in total. The van der Waals surface area contributed by atoms with E-state index >= 15 is 0 Å². The van der Waals surface area contributed by atoms with Gasteiger partial charge in [-0.2, -0.15) is 0 Å². The summed E-state index contributed by atoms with van der Waals surface area (Å²) in [5.41, 5.74) is 7.84. The average Bonchev–Trinajstić information content (AvgIpc) is 2.99. The zero-order valence-electron chi connectivity index (χ0n) is 14.0. The van der Waals surface area contributed by atoms with Crippen LogP contribution in [0.1, 0.15) is 13.8 Å². The Kier molecular flexibility index (Phi) is 5.89. The Morgan fingerprint density at radius 2 is 1.45 bits per heavy atom. The van der Waals surface area contributed by atoms with Crippen LogP contribution in [0.25, 0.3) is 11.2 Å². The van der Waals surface area contributed by atoms with E-state index in [2.05, 4.69) is 40.0 Å². The molecule has 0 aliphatic heterocycles. The SMILES string of the molecule is CC[Si](C)(C)CC[Si](C)(C)CC.Nc1cc2ccc1o2. The fraction of sp³-hybridized carbons (Fsp3) is 0.625. The maximum absolute atomic E-state index is 5.45. The molecule has 0 saturated carbocycles. The van der Waals surface area contributed by atoms with E-state index in [4.69, 9.17) is 10.2 Å². The van der Waals surface area contributed by atoms with Crippen molar-refractivity contribution in [1.29, 1.82) is 0 Å². The molecule has 0 aliphatic carbocycles. The van der Waals surface area contributed by atoms with E-state index < -0.39 is 16.1 Å². The Morgan fingerprint density at radius 1 is 0.950 bits per heavy atom. The highest BCUT2D eigenvalue weighted by molar-refractivity contribution is 6.82. The summed E-state index contributed by atoms with van der Waals surface area (Å²) in [6, 6.07) is 11.6. The fourth-order valence-electron chi connectivity index (χ4n) is 1.84. The zero-order chi connectivity index (χ0) is 15.4. The van der Waals surface area contributed by atoms with E-state index in [1.807, 2.05) is 18.2 Å². The number of nitrogens with two attached hydrogens (primary N) is 1. The molecule has 2 N–H and O–H groups in total. The Hall–Kier alpha value is -0.746. The van der Waals surface area contributed by atoms with Gasteiger partial charge in [0.05, 0.1) is 5.69 Å². The normalized spacial score (nSPS) is 12.5. The monoisotopic (exact) mass is 309 g/mol. The van der Waals surface area contributed by atoms with Crippen LogP contribution in [0.5, 0.6) is 0 Å². The van der Waals surface area contributed by atoms with Crippen molar-refractivity contribution in [3.8, 4) is 0 Å². The Bertz CT molecular complexity index is 489. The van der Waals surface area contributed by atoms with Gasteiger partial charge in [0, 0.05) is 22.2 Å². The molecule has 0 unspecified atom stereocenters. The highest BCUT2D eigenvalue weighted by atomic mass is 28.3. The van der Waals surface area contributed by atoms with Crippen molar-refractivity contribution in [3.05, 3.63) is 18.2 Å².